The number of rotatable bonds is 4. The highest BCUT2D eigenvalue weighted by Gasteiger charge is 2.47. The van der Waals surface area contributed by atoms with Crippen molar-refractivity contribution in [3.05, 3.63) is 50.6 Å². The van der Waals surface area contributed by atoms with E-state index < -0.39 is 14.6 Å². The molecular weight excluding hydrogens is 434 g/mol. The number of benzene rings is 1. The first-order valence-corrected chi connectivity index (χ1v) is 11.7. The van der Waals surface area contributed by atoms with Gasteiger partial charge in [0.05, 0.1) is 10.9 Å². The number of hydrogen-bond donors (Lipinski definition) is 0. The molecule has 7 heteroatoms. The second-order valence-corrected chi connectivity index (χ2v) is 11.4. The number of sulfone groups is 1. The Kier molecular flexibility index (Phi) is 5.34. The molecule has 4 nitrogen and oxygen atoms in total. The number of fused-ring (bicyclic) bond motifs is 1. The Morgan fingerprint density at radius 1 is 1.27 bits per heavy atom. The summed E-state index contributed by atoms with van der Waals surface area (Å²) in [6, 6.07) is 8.44. The zero-order chi connectivity index (χ0) is 19.1. The van der Waals surface area contributed by atoms with Crippen LogP contribution in [0.4, 0.5) is 0 Å². The zero-order valence-electron chi connectivity index (χ0n) is 15.0. The SMILES string of the molecule is CCC1c2ccsc2CCN1C(=O)C(C)(C)S(=O)(=O)c1ccc(Br)cc1. The van der Waals surface area contributed by atoms with Crippen LogP contribution in [0.1, 0.15) is 43.7 Å². The van der Waals surface area contributed by atoms with Gasteiger partial charge in [-0.15, -0.1) is 11.3 Å². The van der Waals surface area contributed by atoms with Gasteiger partial charge in [-0.3, -0.25) is 4.79 Å². The largest absolute Gasteiger partial charge is 0.334 e. The third-order valence-corrected chi connectivity index (χ3v) is 8.99. The van der Waals surface area contributed by atoms with Gasteiger partial charge in [-0.05, 0) is 68.0 Å². The predicted molar refractivity (Wildman–Crippen MR) is 108 cm³/mol. The molecule has 140 valence electrons. The summed E-state index contributed by atoms with van der Waals surface area (Å²) in [5.41, 5.74) is 1.16. The van der Waals surface area contributed by atoms with E-state index in [-0.39, 0.29) is 16.8 Å². The van der Waals surface area contributed by atoms with E-state index in [1.165, 1.54) is 18.7 Å². The van der Waals surface area contributed by atoms with E-state index in [0.29, 0.717) is 6.54 Å². The maximum Gasteiger partial charge on any atom is 0.244 e. The van der Waals surface area contributed by atoms with Crippen LogP contribution in [0.15, 0.2) is 45.1 Å². The minimum atomic E-state index is -3.81. The molecule has 26 heavy (non-hydrogen) atoms. The molecule has 2 aromatic rings. The normalized spacial score (nSPS) is 17.8. The Morgan fingerprint density at radius 3 is 2.54 bits per heavy atom. The summed E-state index contributed by atoms with van der Waals surface area (Å²) in [6.07, 6.45) is 1.55. The van der Waals surface area contributed by atoms with Crippen molar-refractivity contribution in [2.45, 2.75) is 49.3 Å². The van der Waals surface area contributed by atoms with E-state index in [2.05, 4.69) is 22.0 Å². The Balaban J connectivity index is 1.96. The zero-order valence-corrected chi connectivity index (χ0v) is 18.2. The molecule has 1 aromatic heterocycles. The lowest BCUT2D eigenvalue weighted by molar-refractivity contribution is -0.136. The summed E-state index contributed by atoms with van der Waals surface area (Å²) in [6.45, 7) is 5.63. The van der Waals surface area contributed by atoms with Gasteiger partial charge in [-0.2, -0.15) is 0 Å². The van der Waals surface area contributed by atoms with Crippen molar-refractivity contribution in [3.8, 4) is 0 Å². The van der Waals surface area contributed by atoms with Crippen molar-refractivity contribution >= 4 is 43.0 Å². The lowest BCUT2D eigenvalue weighted by atomic mass is 9.96. The van der Waals surface area contributed by atoms with E-state index in [0.717, 1.165) is 22.9 Å². The number of amides is 1. The maximum absolute atomic E-state index is 13.3. The van der Waals surface area contributed by atoms with E-state index >= 15 is 0 Å². The average molecular weight is 456 g/mol. The average Bonchev–Trinajstić information content (AvgIpc) is 3.09. The van der Waals surface area contributed by atoms with Crippen LogP contribution in [-0.4, -0.2) is 30.5 Å². The van der Waals surface area contributed by atoms with Gasteiger partial charge in [-0.25, -0.2) is 8.42 Å². The van der Waals surface area contributed by atoms with Crippen LogP contribution in [0.2, 0.25) is 0 Å². The number of carbonyl (C=O) groups excluding carboxylic acids is 1. The van der Waals surface area contributed by atoms with Crippen LogP contribution < -0.4 is 0 Å². The van der Waals surface area contributed by atoms with Crippen molar-refractivity contribution in [3.63, 3.8) is 0 Å². The standard InChI is InChI=1S/C19H22BrNO3S2/c1-4-16-15-10-12-25-17(15)9-11-21(16)18(22)19(2,3)26(23,24)14-7-5-13(20)6-8-14/h5-8,10,12,16H,4,9,11H2,1-3H3. The quantitative estimate of drug-likeness (QED) is 0.676. The van der Waals surface area contributed by atoms with E-state index in [1.54, 1.807) is 40.5 Å². The molecule has 0 spiro atoms. The Labute approximate surface area is 167 Å². The summed E-state index contributed by atoms with van der Waals surface area (Å²) < 4.78 is 25.6. The number of nitrogens with zero attached hydrogens (tertiary/aromatic N) is 1. The first-order valence-electron chi connectivity index (χ1n) is 8.57. The highest BCUT2D eigenvalue weighted by atomic mass is 79.9. The highest BCUT2D eigenvalue weighted by Crippen LogP contribution is 2.38. The van der Waals surface area contributed by atoms with E-state index in [4.69, 9.17) is 0 Å². The van der Waals surface area contributed by atoms with Crippen LogP contribution in [0, 0.1) is 0 Å². The Hall–Kier alpha value is -1.18. The van der Waals surface area contributed by atoms with Crippen molar-refractivity contribution in [1.82, 2.24) is 4.90 Å². The van der Waals surface area contributed by atoms with Gasteiger partial charge in [0.2, 0.25) is 5.91 Å². The molecule has 0 radical (unpaired) electrons. The first kappa shape index (κ1) is 19.6. The molecule has 0 fully saturated rings. The third kappa shape index (κ3) is 3.14. The lowest BCUT2D eigenvalue weighted by Crippen LogP contribution is -2.52. The molecular formula is C19H22BrNO3S2. The number of carbonyl (C=O) groups is 1. The van der Waals surface area contributed by atoms with Crippen molar-refractivity contribution < 1.29 is 13.2 Å². The van der Waals surface area contributed by atoms with Gasteiger partial charge in [-0.1, -0.05) is 22.9 Å². The lowest BCUT2D eigenvalue weighted by Gasteiger charge is -2.39. The molecule has 1 aliphatic rings. The molecule has 2 heterocycles. The van der Waals surface area contributed by atoms with Gasteiger partial charge in [0, 0.05) is 15.9 Å². The second kappa shape index (κ2) is 7.09. The smallest absolute Gasteiger partial charge is 0.244 e. The molecule has 1 atom stereocenters. The number of hydrogen-bond acceptors (Lipinski definition) is 4. The van der Waals surface area contributed by atoms with Gasteiger partial charge >= 0.3 is 0 Å². The fourth-order valence-electron chi connectivity index (χ4n) is 3.45. The fourth-order valence-corrected chi connectivity index (χ4v) is 6.07. The maximum atomic E-state index is 13.3. The van der Waals surface area contributed by atoms with Crippen molar-refractivity contribution in [2.24, 2.45) is 0 Å². The Bertz CT molecular complexity index is 917. The van der Waals surface area contributed by atoms with Crippen LogP contribution in [0.25, 0.3) is 0 Å². The predicted octanol–water partition coefficient (Wildman–Crippen LogP) is 4.60. The summed E-state index contributed by atoms with van der Waals surface area (Å²) in [5.74, 6) is -0.330. The minimum absolute atomic E-state index is 0.0584. The molecule has 0 bridgehead atoms. The second-order valence-electron chi connectivity index (χ2n) is 6.94. The topological polar surface area (TPSA) is 54.5 Å². The van der Waals surface area contributed by atoms with Gasteiger partial charge in [0.25, 0.3) is 0 Å². The summed E-state index contributed by atoms with van der Waals surface area (Å²) in [7, 11) is -3.81. The molecule has 1 aliphatic heterocycles. The van der Waals surface area contributed by atoms with Crippen LogP contribution in [-0.2, 0) is 21.1 Å². The third-order valence-electron chi connectivity index (χ3n) is 5.05. The monoisotopic (exact) mass is 455 g/mol. The molecule has 1 amide bonds. The minimum Gasteiger partial charge on any atom is -0.334 e. The molecule has 0 N–H and O–H groups in total. The van der Waals surface area contributed by atoms with E-state index in [1.807, 2.05) is 12.3 Å². The van der Waals surface area contributed by atoms with Crippen LogP contribution in [0.5, 0.6) is 0 Å². The summed E-state index contributed by atoms with van der Waals surface area (Å²) in [4.78, 5) is 16.6. The van der Waals surface area contributed by atoms with Gasteiger partial charge in [0.15, 0.2) is 9.84 Å². The number of halogens is 1. The molecule has 0 saturated heterocycles. The Morgan fingerprint density at radius 2 is 1.92 bits per heavy atom. The molecule has 1 aromatic carbocycles. The van der Waals surface area contributed by atoms with E-state index in [9.17, 15) is 13.2 Å². The summed E-state index contributed by atoms with van der Waals surface area (Å²) in [5, 5.41) is 2.05. The first-order chi connectivity index (χ1) is 12.2. The summed E-state index contributed by atoms with van der Waals surface area (Å²) >= 11 is 5.02. The molecule has 0 saturated carbocycles. The fraction of sp³-hybridized carbons (Fsp3) is 0.421. The highest BCUT2D eigenvalue weighted by molar-refractivity contribution is 9.10. The van der Waals surface area contributed by atoms with Crippen LogP contribution in [0.3, 0.4) is 0 Å². The molecule has 3 rings (SSSR count). The molecule has 0 aliphatic carbocycles. The van der Waals surface area contributed by atoms with Crippen molar-refractivity contribution in [2.75, 3.05) is 6.54 Å². The van der Waals surface area contributed by atoms with Gasteiger partial charge < -0.3 is 4.90 Å². The van der Waals surface area contributed by atoms with Crippen LogP contribution >= 0.6 is 27.3 Å². The molecule has 1 unspecified atom stereocenters. The number of thiophene rings is 1. The van der Waals surface area contributed by atoms with Gasteiger partial charge in [0.1, 0.15) is 4.75 Å². The van der Waals surface area contributed by atoms with Crippen molar-refractivity contribution in [1.29, 1.82) is 0 Å².